The Bertz CT molecular complexity index is 788. The van der Waals surface area contributed by atoms with Crippen molar-refractivity contribution in [2.75, 3.05) is 6.54 Å². The minimum absolute atomic E-state index is 0.00499. The number of hydrogen-bond donors (Lipinski definition) is 1. The molecule has 24 heavy (non-hydrogen) atoms. The van der Waals surface area contributed by atoms with Crippen molar-refractivity contribution in [3.8, 4) is 0 Å². The summed E-state index contributed by atoms with van der Waals surface area (Å²) in [7, 11) is 0. The van der Waals surface area contributed by atoms with Crippen molar-refractivity contribution < 1.29 is 4.79 Å². The second-order valence-electron chi connectivity index (χ2n) is 6.21. The molecule has 0 aliphatic carbocycles. The molecule has 0 fully saturated rings. The van der Waals surface area contributed by atoms with Crippen molar-refractivity contribution in [2.45, 2.75) is 32.6 Å². The maximum atomic E-state index is 12.2. The number of carbonyl (C=O) groups is 1. The van der Waals surface area contributed by atoms with Gasteiger partial charge < -0.3 is 5.32 Å². The third-order valence-corrected chi connectivity index (χ3v) is 5.13. The van der Waals surface area contributed by atoms with E-state index in [0.717, 1.165) is 28.9 Å². The summed E-state index contributed by atoms with van der Waals surface area (Å²) in [6.45, 7) is 4.97. The largest absolute Gasteiger partial charge is 0.352 e. The van der Waals surface area contributed by atoms with Gasteiger partial charge in [-0.3, -0.25) is 4.79 Å². The fourth-order valence-electron chi connectivity index (χ4n) is 2.59. The molecule has 124 valence electrons. The molecule has 0 bridgehead atoms. The maximum Gasteiger partial charge on any atom is 0.251 e. The van der Waals surface area contributed by atoms with Crippen LogP contribution in [0, 0.1) is 0 Å². The normalized spacial score (nSPS) is 11.1. The SMILES string of the molecule is CC(C)c1ccc(C(=O)NCCCc2nc3ccccc3s2)cc1. The quantitative estimate of drug-likeness (QED) is 0.657. The van der Waals surface area contributed by atoms with E-state index in [0.29, 0.717) is 12.5 Å². The number of rotatable bonds is 6. The van der Waals surface area contributed by atoms with E-state index in [1.54, 1.807) is 11.3 Å². The number of hydrogen-bond acceptors (Lipinski definition) is 3. The minimum Gasteiger partial charge on any atom is -0.352 e. The van der Waals surface area contributed by atoms with Crippen LogP contribution in [0.15, 0.2) is 48.5 Å². The first-order chi connectivity index (χ1) is 11.6. The van der Waals surface area contributed by atoms with Crippen LogP contribution in [0.1, 0.15) is 47.1 Å². The molecule has 0 spiro atoms. The van der Waals surface area contributed by atoms with Gasteiger partial charge in [0, 0.05) is 18.5 Å². The molecule has 2 aromatic carbocycles. The fourth-order valence-corrected chi connectivity index (χ4v) is 3.60. The Morgan fingerprint density at radius 2 is 1.88 bits per heavy atom. The van der Waals surface area contributed by atoms with Gasteiger partial charge in [0.1, 0.15) is 0 Å². The van der Waals surface area contributed by atoms with Crippen molar-refractivity contribution in [3.05, 3.63) is 64.7 Å². The van der Waals surface area contributed by atoms with Crippen molar-refractivity contribution in [1.29, 1.82) is 0 Å². The molecule has 0 atom stereocenters. The summed E-state index contributed by atoms with van der Waals surface area (Å²) in [6.07, 6.45) is 1.79. The van der Waals surface area contributed by atoms with Gasteiger partial charge in [0.05, 0.1) is 15.2 Å². The van der Waals surface area contributed by atoms with Crippen LogP contribution in [0.2, 0.25) is 0 Å². The lowest BCUT2D eigenvalue weighted by Crippen LogP contribution is -2.24. The molecule has 3 aromatic rings. The van der Waals surface area contributed by atoms with Crippen LogP contribution in [0.25, 0.3) is 10.2 Å². The molecule has 3 rings (SSSR count). The van der Waals surface area contributed by atoms with E-state index >= 15 is 0 Å². The molecule has 0 unspecified atom stereocenters. The van der Waals surface area contributed by atoms with Crippen LogP contribution >= 0.6 is 11.3 Å². The molecule has 1 aromatic heterocycles. The molecule has 4 heteroatoms. The van der Waals surface area contributed by atoms with Crippen molar-refractivity contribution in [3.63, 3.8) is 0 Å². The van der Waals surface area contributed by atoms with E-state index in [1.807, 2.05) is 42.5 Å². The number of carbonyl (C=O) groups excluding carboxylic acids is 1. The molecule has 0 aliphatic heterocycles. The molecule has 0 saturated heterocycles. The van der Waals surface area contributed by atoms with E-state index in [1.165, 1.54) is 10.3 Å². The van der Waals surface area contributed by atoms with Crippen LogP contribution in [0.5, 0.6) is 0 Å². The summed E-state index contributed by atoms with van der Waals surface area (Å²) >= 11 is 1.73. The molecular weight excluding hydrogens is 316 g/mol. The standard InChI is InChI=1S/C20H22N2OS/c1-14(2)15-9-11-16(12-10-15)20(23)21-13-5-8-19-22-17-6-3-4-7-18(17)24-19/h3-4,6-7,9-12,14H,5,8,13H2,1-2H3,(H,21,23). The van der Waals surface area contributed by atoms with Gasteiger partial charge in [-0.1, -0.05) is 38.1 Å². The fraction of sp³-hybridized carbons (Fsp3) is 0.300. The predicted molar refractivity (Wildman–Crippen MR) is 101 cm³/mol. The molecule has 0 radical (unpaired) electrons. The van der Waals surface area contributed by atoms with Gasteiger partial charge in [0.15, 0.2) is 0 Å². The highest BCUT2D eigenvalue weighted by molar-refractivity contribution is 7.18. The Morgan fingerprint density at radius 3 is 2.58 bits per heavy atom. The highest BCUT2D eigenvalue weighted by Crippen LogP contribution is 2.22. The number of para-hydroxylation sites is 1. The van der Waals surface area contributed by atoms with Crippen LogP contribution in [0.3, 0.4) is 0 Å². The number of aromatic nitrogens is 1. The van der Waals surface area contributed by atoms with Crippen molar-refractivity contribution in [2.24, 2.45) is 0 Å². The van der Waals surface area contributed by atoms with Crippen LogP contribution < -0.4 is 5.32 Å². The summed E-state index contributed by atoms with van der Waals surface area (Å²) in [5, 5.41) is 4.12. The summed E-state index contributed by atoms with van der Waals surface area (Å²) in [5.41, 5.74) is 3.04. The molecule has 1 N–H and O–H groups in total. The third kappa shape index (κ3) is 4.01. The topological polar surface area (TPSA) is 42.0 Å². The molecule has 1 heterocycles. The lowest BCUT2D eigenvalue weighted by molar-refractivity contribution is 0.0953. The Hall–Kier alpha value is -2.20. The van der Waals surface area contributed by atoms with Gasteiger partial charge in [-0.05, 0) is 42.2 Å². The first kappa shape index (κ1) is 16.7. The second-order valence-corrected chi connectivity index (χ2v) is 7.33. The minimum atomic E-state index is -0.00499. The van der Waals surface area contributed by atoms with Gasteiger partial charge in [-0.15, -0.1) is 11.3 Å². The third-order valence-electron chi connectivity index (χ3n) is 4.03. The zero-order valence-corrected chi connectivity index (χ0v) is 14.9. The van der Waals surface area contributed by atoms with Crippen molar-refractivity contribution >= 4 is 27.5 Å². The number of benzene rings is 2. The summed E-state index contributed by atoms with van der Waals surface area (Å²) in [5.74, 6) is 0.477. The molecule has 0 saturated carbocycles. The van der Waals surface area contributed by atoms with Crippen molar-refractivity contribution in [1.82, 2.24) is 10.3 Å². The van der Waals surface area contributed by atoms with E-state index in [9.17, 15) is 4.79 Å². The summed E-state index contributed by atoms with van der Waals surface area (Å²) in [6, 6.07) is 16.0. The highest BCUT2D eigenvalue weighted by atomic mass is 32.1. The predicted octanol–water partition coefficient (Wildman–Crippen LogP) is 4.78. The van der Waals surface area contributed by atoms with Gasteiger partial charge in [-0.2, -0.15) is 0 Å². The van der Waals surface area contributed by atoms with Gasteiger partial charge >= 0.3 is 0 Å². The van der Waals surface area contributed by atoms with Gasteiger partial charge in [0.25, 0.3) is 5.91 Å². The average Bonchev–Trinajstić information content (AvgIpc) is 3.01. The van der Waals surface area contributed by atoms with E-state index in [-0.39, 0.29) is 5.91 Å². The zero-order valence-electron chi connectivity index (χ0n) is 14.1. The number of thiazole rings is 1. The summed E-state index contributed by atoms with van der Waals surface area (Å²) < 4.78 is 1.22. The molecular formula is C20H22N2OS. The number of aryl methyl sites for hydroxylation is 1. The Balaban J connectivity index is 1.48. The Kier molecular flexibility index (Phi) is 5.26. The lowest BCUT2D eigenvalue weighted by atomic mass is 10.0. The zero-order chi connectivity index (χ0) is 16.9. The number of fused-ring (bicyclic) bond motifs is 1. The van der Waals surface area contributed by atoms with Crippen LogP contribution in [-0.4, -0.2) is 17.4 Å². The Labute approximate surface area is 146 Å². The van der Waals surface area contributed by atoms with Gasteiger partial charge in [-0.25, -0.2) is 4.98 Å². The first-order valence-electron chi connectivity index (χ1n) is 8.36. The van der Waals surface area contributed by atoms with Gasteiger partial charge in [0.2, 0.25) is 0 Å². The molecule has 0 aliphatic rings. The lowest BCUT2D eigenvalue weighted by Gasteiger charge is -2.07. The monoisotopic (exact) mass is 338 g/mol. The number of amides is 1. The number of nitrogens with one attached hydrogen (secondary N) is 1. The molecule has 3 nitrogen and oxygen atoms in total. The molecule has 1 amide bonds. The average molecular weight is 338 g/mol. The highest BCUT2D eigenvalue weighted by Gasteiger charge is 2.07. The first-order valence-corrected chi connectivity index (χ1v) is 9.18. The van der Waals surface area contributed by atoms with Crippen LogP contribution in [-0.2, 0) is 6.42 Å². The van der Waals surface area contributed by atoms with Crippen LogP contribution in [0.4, 0.5) is 0 Å². The van der Waals surface area contributed by atoms with E-state index < -0.39 is 0 Å². The smallest absolute Gasteiger partial charge is 0.251 e. The van der Waals surface area contributed by atoms with E-state index in [2.05, 4.69) is 30.2 Å². The maximum absolute atomic E-state index is 12.2. The van der Waals surface area contributed by atoms with E-state index in [4.69, 9.17) is 0 Å². The second kappa shape index (κ2) is 7.58. The number of nitrogens with zero attached hydrogens (tertiary/aromatic N) is 1. The Morgan fingerprint density at radius 1 is 1.12 bits per heavy atom. The summed E-state index contributed by atoms with van der Waals surface area (Å²) in [4.78, 5) is 16.8.